The highest BCUT2D eigenvalue weighted by Gasteiger charge is 2.24. The summed E-state index contributed by atoms with van der Waals surface area (Å²) in [5, 5.41) is 2.73. The minimum Gasteiger partial charge on any atom is -0.354 e. The van der Waals surface area contributed by atoms with E-state index >= 15 is 0 Å². The number of carbonyl (C=O) groups is 1. The highest BCUT2D eigenvalue weighted by Crippen LogP contribution is 2.26. The molecule has 2 rings (SSSR count). The van der Waals surface area contributed by atoms with E-state index in [4.69, 9.17) is 0 Å². The van der Waals surface area contributed by atoms with E-state index in [9.17, 15) is 9.00 Å². The fourth-order valence-electron chi connectivity index (χ4n) is 1.66. The minimum atomic E-state index is -1.14. The maximum absolute atomic E-state index is 12.2. The monoisotopic (exact) mass is 352 g/mol. The quantitative estimate of drug-likeness (QED) is 0.757. The number of halogens is 1. The lowest BCUT2D eigenvalue weighted by atomic mass is 10.2. The Kier molecular flexibility index (Phi) is 4.15. The van der Waals surface area contributed by atoms with E-state index in [-0.39, 0.29) is 12.5 Å². The predicted molar refractivity (Wildman–Crippen MR) is 72.1 cm³/mol. The van der Waals surface area contributed by atoms with E-state index in [2.05, 4.69) is 27.9 Å². The normalized spacial score (nSPS) is 24.4. The average Bonchev–Trinajstić information content (AvgIpc) is 2.29. The number of hydrogen-bond acceptors (Lipinski definition) is 2. The number of nitrogens with one attached hydrogen (secondary N) is 1. The largest absolute Gasteiger partial charge is 0.354 e. The smallest absolute Gasteiger partial charge is 0.235 e. The van der Waals surface area contributed by atoms with Gasteiger partial charge < -0.3 is 5.32 Å². The lowest BCUT2D eigenvalue weighted by Gasteiger charge is -2.26. The van der Waals surface area contributed by atoms with Gasteiger partial charge in [0.1, 0.15) is 11.0 Å². The predicted octanol–water partition coefficient (Wildman–Crippen LogP) is 1.08. The van der Waals surface area contributed by atoms with Crippen molar-refractivity contribution in [1.82, 2.24) is 9.62 Å². The molecule has 1 N–H and O–H groups in total. The molecular formula is C10H13IN2O2S. The first-order chi connectivity index (χ1) is 7.66. The second-order valence-electron chi connectivity index (χ2n) is 3.71. The summed E-state index contributed by atoms with van der Waals surface area (Å²) in [5.41, 5.74) is 0. The Morgan fingerprint density at radius 2 is 2.19 bits per heavy atom. The van der Waals surface area contributed by atoms with Gasteiger partial charge in [-0.1, -0.05) is 6.08 Å². The lowest BCUT2D eigenvalue weighted by Crippen LogP contribution is -2.48. The number of amides is 1. The van der Waals surface area contributed by atoms with Crippen molar-refractivity contribution in [3.8, 4) is 0 Å². The number of allylic oxidation sites excluding steroid dienone is 4. The second kappa shape index (κ2) is 5.42. The zero-order chi connectivity index (χ0) is 11.5. The van der Waals surface area contributed by atoms with Gasteiger partial charge in [0, 0.05) is 18.0 Å². The van der Waals surface area contributed by atoms with Gasteiger partial charge in [-0.15, -0.1) is 0 Å². The van der Waals surface area contributed by atoms with Gasteiger partial charge >= 0.3 is 0 Å². The molecule has 4 nitrogen and oxygen atoms in total. The van der Waals surface area contributed by atoms with Crippen LogP contribution in [0.4, 0.5) is 0 Å². The highest BCUT2D eigenvalue weighted by atomic mass is 127. The summed E-state index contributed by atoms with van der Waals surface area (Å²) in [6.45, 7) is 1.49. The summed E-state index contributed by atoms with van der Waals surface area (Å²) in [4.78, 5) is 12.1. The molecule has 1 saturated heterocycles. The summed E-state index contributed by atoms with van der Waals surface area (Å²) in [6.07, 6.45) is 5.72. The van der Waals surface area contributed by atoms with E-state index in [1.807, 2.05) is 12.2 Å². The SMILES string of the molecule is O=C1CN(S(=O)C2=CC=C(I)CC2)CCN1. The Bertz CT molecular complexity index is 392. The standard InChI is InChI=1S/C10H13IN2O2S/c11-8-1-3-9(4-2-8)16(15)13-6-5-12-10(14)7-13/h1,3H,2,4-7H2,(H,12,14). The third kappa shape index (κ3) is 2.92. The van der Waals surface area contributed by atoms with Gasteiger partial charge in [-0.3, -0.25) is 4.79 Å². The third-order valence-corrected chi connectivity index (χ3v) is 4.99. The zero-order valence-electron chi connectivity index (χ0n) is 8.74. The molecule has 1 atom stereocenters. The van der Waals surface area contributed by atoms with E-state index < -0.39 is 11.0 Å². The molecule has 1 heterocycles. The van der Waals surface area contributed by atoms with Crippen LogP contribution in [0, 0.1) is 0 Å². The van der Waals surface area contributed by atoms with Gasteiger partial charge in [0.25, 0.3) is 0 Å². The van der Waals surface area contributed by atoms with Crippen LogP contribution in [0.3, 0.4) is 0 Å². The molecule has 0 aromatic rings. The maximum atomic E-state index is 12.2. The fraction of sp³-hybridized carbons (Fsp3) is 0.500. The van der Waals surface area contributed by atoms with Crippen LogP contribution in [0.15, 0.2) is 20.6 Å². The van der Waals surface area contributed by atoms with Gasteiger partial charge in [-0.2, -0.15) is 0 Å². The molecule has 0 radical (unpaired) electrons. The van der Waals surface area contributed by atoms with Crippen molar-refractivity contribution in [2.45, 2.75) is 12.8 Å². The Morgan fingerprint density at radius 1 is 1.38 bits per heavy atom. The van der Waals surface area contributed by atoms with Gasteiger partial charge in [0.15, 0.2) is 0 Å². The summed E-state index contributed by atoms with van der Waals surface area (Å²) in [5.74, 6) is -0.0406. The van der Waals surface area contributed by atoms with Crippen LogP contribution in [-0.4, -0.2) is 34.1 Å². The van der Waals surface area contributed by atoms with Crippen molar-refractivity contribution >= 4 is 39.5 Å². The molecule has 1 unspecified atom stereocenters. The van der Waals surface area contributed by atoms with Crippen LogP contribution in [0.1, 0.15) is 12.8 Å². The summed E-state index contributed by atoms with van der Waals surface area (Å²) < 4.78 is 15.2. The van der Waals surface area contributed by atoms with Crippen molar-refractivity contribution in [1.29, 1.82) is 0 Å². The van der Waals surface area contributed by atoms with Crippen molar-refractivity contribution in [2.24, 2.45) is 0 Å². The Labute approximate surface area is 111 Å². The lowest BCUT2D eigenvalue weighted by molar-refractivity contribution is -0.122. The van der Waals surface area contributed by atoms with E-state index in [1.165, 1.54) is 3.58 Å². The first-order valence-corrected chi connectivity index (χ1v) is 7.34. The Morgan fingerprint density at radius 3 is 2.81 bits per heavy atom. The molecule has 1 fully saturated rings. The van der Waals surface area contributed by atoms with E-state index in [0.29, 0.717) is 13.1 Å². The molecule has 0 aromatic heterocycles. The van der Waals surface area contributed by atoms with Gasteiger partial charge in [0.2, 0.25) is 5.91 Å². The fourth-order valence-corrected chi connectivity index (χ4v) is 3.39. The van der Waals surface area contributed by atoms with Crippen LogP contribution in [0.5, 0.6) is 0 Å². The number of nitrogens with zero attached hydrogens (tertiary/aromatic N) is 1. The number of rotatable bonds is 2. The average molecular weight is 352 g/mol. The molecule has 16 heavy (non-hydrogen) atoms. The van der Waals surface area contributed by atoms with Crippen LogP contribution >= 0.6 is 22.6 Å². The summed E-state index contributed by atoms with van der Waals surface area (Å²) in [7, 11) is -1.14. The number of hydrogen-bond donors (Lipinski definition) is 1. The maximum Gasteiger partial charge on any atom is 0.235 e. The minimum absolute atomic E-state index is 0.0406. The van der Waals surface area contributed by atoms with Gasteiger partial charge in [0.05, 0.1) is 6.54 Å². The molecule has 2 aliphatic rings. The second-order valence-corrected chi connectivity index (χ2v) is 6.63. The molecular weight excluding hydrogens is 339 g/mol. The molecule has 1 aliphatic carbocycles. The first kappa shape index (κ1) is 12.3. The molecule has 1 amide bonds. The van der Waals surface area contributed by atoms with Crippen molar-refractivity contribution in [3.05, 3.63) is 20.6 Å². The van der Waals surface area contributed by atoms with Crippen LogP contribution < -0.4 is 5.32 Å². The Hall–Kier alpha value is -0.210. The molecule has 0 aromatic carbocycles. The molecule has 0 bridgehead atoms. The molecule has 88 valence electrons. The number of carbonyl (C=O) groups excluding carboxylic acids is 1. The topological polar surface area (TPSA) is 49.4 Å². The van der Waals surface area contributed by atoms with Gasteiger partial charge in [-0.05, 0) is 45.1 Å². The van der Waals surface area contributed by atoms with Crippen molar-refractivity contribution in [2.75, 3.05) is 19.6 Å². The van der Waals surface area contributed by atoms with E-state index in [0.717, 1.165) is 17.7 Å². The highest BCUT2D eigenvalue weighted by molar-refractivity contribution is 14.1. The first-order valence-electron chi connectivity index (χ1n) is 5.15. The molecule has 0 spiro atoms. The van der Waals surface area contributed by atoms with Crippen LogP contribution in [0.25, 0.3) is 0 Å². The van der Waals surface area contributed by atoms with Crippen molar-refractivity contribution in [3.63, 3.8) is 0 Å². The Balaban J connectivity index is 2.04. The van der Waals surface area contributed by atoms with Gasteiger partial charge in [-0.25, -0.2) is 8.51 Å². The van der Waals surface area contributed by atoms with E-state index in [1.54, 1.807) is 4.31 Å². The van der Waals surface area contributed by atoms with Crippen molar-refractivity contribution < 1.29 is 9.00 Å². The van der Waals surface area contributed by atoms with Crippen LogP contribution in [-0.2, 0) is 15.8 Å². The summed E-state index contributed by atoms with van der Waals surface area (Å²) in [6, 6.07) is 0. The zero-order valence-corrected chi connectivity index (χ0v) is 11.7. The third-order valence-electron chi connectivity index (χ3n) is 2.52. The number of piperazine rings is 1. The molecule has 1 aliphatic heterocycles. The summed E-state index contributed by atoms with van der Waals surface area (Å²) >= 11 is 2.29. The molecule has 6 heteroatoms. The molecule has 0 saturated carbocycles. The van der Waals surface area contributed by atoms with Crippen LogP contribution in [0.2, 0.25) is 0 Å².